The Morgan fingerprint density at radius 2 is 2.38 bits per heavy atom. The first-order chi connectivity index (χ1) is 6.15. The van der Waals surface area contributed by atoms with E-state index in [9.17, 15) is 4.79 Å². The lowest BCUT2D eigenvalue weighted by molar-refractivity contribution is -0.136. The average Bonchev–Trinajstić information content (AvgIpc) is 2.17. The van der Waals surface area contributed by atoms with E-state index < -0.39 is 0 Å². The molecule has 1 unspecified atom stereocenters. The first-order valence-electron chi connectivity index (χ1n) is 4.58. The Morgan fingerprint density at radius 3 is 2.77 bits per heavy atom. The maximum absolute atomic E-state index is 11.1. The van der Waals surface area contributed by atoms with Crippen molar-refractivity contribution >= 4 is 5.97 Å². The number of esters is 1. The largest absolute Gasteiger partial charge is 0.466 e. The molecule has 0 spiro atoms. The molecule has 0 heterocycles. The zero-order chi connectivity index (χ0) is 9.84. The average molecular weight is 180 g/mol. The van der Waals surface area contributed by atoms with Crippen LogP contribution in [0.15, 0.2) is 23.8 Å². The molecule has 0 saturated carbocycles. The zero-order valence-corrected chi connectivity index (χ0v) is 8.30. The normalized spacial score (nSPS) is 22.0. The second kappa shape index (κ2) is 4.26. The lowest BCUT2D eigenvalue weighted by Gasteiger charge is -2.20. The van der Waals surface area contributed by atoms with Gasteiger partial charge >= 0.3 is 5.97 Å². The maximum atomic E-state index is 11.1. The van der Waals surface area contributed by atoms with E-state index >= 15 is 0 Å². The van der Waals surface area contributed by atoms with Gasteiger partial charge in [-0.15, -0.1) is 0 Å². The molecule has 1 aliphatic carbocycles. The standard InChI is InChI=1S/C11H16O2/c1-8(2)9-4-6-10(7-5-9)11(12)13-3/h6,9H,1,4-5,7H2,2-3H3. The van der Waals surface area contributed by atoms with Crippen LogP contribution in [0.1, 0.15) is 26.2 Å². The van der Waals surface area contributed by atoms with Crippen LogP contribution in [-0.2, 0) is 9.53 Å². The molecular formula is C11H16O2. The molecule has 1 aliphatic rings. The summed E-state index contributed by atoms with van der Waals surface area (Å²) < 4.78 is 4.66. The van der Waals surface area contributed by atoms with Crippen molar-refractivity contribution in [1.82, 2.24) is 0 Å². The van der Waals surface area contributed by atoms with Gasteiger partial charge in [0.2, 0.25) is 0 Å². The van der Waals surface area contributed by atoms with Crippen molar-refractivity contribution in [1.29, 1.82) is 0 Å². The minimum atomic E-state index is -0.180. The molecule has 0 aromatic carbocycles. The Labute approximate surface area is 79.3 Å². The molecule has 0 radical (unpaired) electrons. The van der Waals surface area contributed by atoms with Crippen LogP contribution in [0.4, 0.5) is 0 Å². The van der Waals surface area contributed by atoms with Gasteiger partial charge in [-0.3, -0.25) is 0 Å². The van der Waals surface area contributed by atoms with Gasteiger partial charge in [0.1, 0.15) is 0 Å². The molecule has 0 N–H and O–H groups in total. The summed E-state index contributed by atoms with van der Waals surface area (Å²) in [5.74, 6) is 0.369. The van der Waals surface area contributed by atoms with Crippen molar-refractivity contribution in [2.75, 3.05) is 7.11 Å². The van der Waals surface area contributed by atoms with E-state index in [2.05, 4.69) is 11.3 Å². The van der Waals surface area contributed by atoms with Crippen molar-refractivity contribution in [2.24, 2.45) is 5.92 Å². The van der Waals surface area contributed by atoms with E-state index in [1.807, 2.05) is 13.0 Å². The van der Waals surface area contributed by atoms with Gasteiger partial charge in [0.15, 0.2) is 0 Å². The molecule has 1 rings (SSSR count). The molecule has 0 amide bonds. The van der Waals surface area contributed by atoms with Gasteiger partial charge in [-0.2, -0.15) is 0 Å². The van der Waals surface area contributed by atoms with Gasteiger partial charge in [0.05, 0.1) is 7.11 Å². The van der Waals surface area contributed by atoms with Crippen molar-refractivity contribution in [3.05, 3.63) is 23.8 Å². The highest BCUT2D eigenvalue weighted by atomic mass is 16.5. The molecule has 0 aromatic rings. The number of ether oxygens (including phenoxy) is 1. The molecule has 72 valence electrons. The number of methoxy groups -OCH3 is 1. The number of carbonyl (C=O) groups is 1. The van der Waals surface area contributed by atoms with Crippen LogP contribution in [0.5, 0.6) is 0 Å². The molecule has 0 bridgehead atoms. The third-order valence-corrected chi connectivity index (χ3v) is 2.56. The highest BCUT2D eigenvalue weighted by Crippen LogP contribution is 2.28. The molecule has 13 heavy (non-hydrogen) atoms. The Morgan fingerprint density at radius 1 is 1.69 bits per heavy atom. The lowest BCUT2D eigenvalue weighted by Crippen LogP contribution is -2.12. The summed E-state index contributed by atoms with van der Waals surface area (Å²) in [6.45, 7) is 5.97. The molecule has 2 nitrogen and oxygen atoms in total. The number of rotatable bonds is 2. The fraction of sp³-hybridized carbons (Fsp3) is 0.545. The molecule has 1 atom stereocenters. The van der Waals surface area contributed by atoms with Crippen molar-refractivity contribution in [2.45, 2.75) is 26.2 Å². The van der Waals surface area contributed by atoms with Crippen molar-refractivity contribution < 1.29 is 9.53 Å². The number of hydrogen-bond donors (Lipinski definition) is 0. The summed E-state index contributed by atoms with van der Waals surface area (Å²) in [7, 11) is 1.42. The van der Waals surface area contributed by atoms with E-state index in [1.54, 1.807) is 0 Å². The molecular weight excluding hydrogens is 164 g/mol. The smallest absolute Gasteiger partial charge is 0.333 e. The molecule has 0 aromatic heterocycles. The van der Waals surface area contributed by atoms with Gasteiger partial charge in [-0.05, 0) is 32.1 Å². The van der Waals surface area contributed by atoms with E-state index in [0.717, 1.165) is 24.8 Å². The number of carbonyl (C=O) groups excluding carboxylic acids is 1. The Hall–Kier alpha value is -1.05. The second-order valence-corrected chi connectivity index (χ2v) is 3.54. The quantitative estimate of drug-likeness (QED) is 0.482. The molecule has 0 saturated heterocycles. The summed E-state index contributed by atoms with van der Waals surface area (Å²) >= 11 is 0. The highest BCUT2D eigenvalue weighted by Gasteiger charge is 2.18. The third-order valence-electron chi connectivity index (χ3n) is 2.56. The predicted octanol–water partition coefficient (Wildman–Crippen LogP) is 2.46. The molecule has 0 fully saturated rings. The Balaban J connectivity index is 2.57. The van der Waals surface area contributed by atoms with Crippen LogP contribution in [0, 0.1) is 5.92 Å². The number of hydrogen-bond acceptors (Lipinski definition) is 2. The Kier molecular flexibility index (Phi) is 3.29. The van der Waals surface area contributed by atoms with Gasteiger partial charge in [0, 0.05) is 5.57 Å². The van der Waals surface area contributed by atoms with Gasteiger partial charge < -0.3 is 4.74 Å². The minimum absolute atomic E-state index is 0.180. The van der Waals surface area contributed by atoms with Crippen LogP contribution in [0.25, 0.3) is 0 Å². The summed E-state index contributed by atoms with van der Waals surface area (Å²) in [6.07, 6.45) is 4.76. The van der Waals surface area contributed by atoms with Gasteiger partial charge in [-0.25, -0.2) is 4.79 Å². The van der Waals surface area contributed by atoms with E-state index in [-0.39, 0.29) is 5.97 Å². The topological polar surface area (TPSA) is 26.3 Å². The predicted molar refractivity (Wildman–Crippen MR) is 52.3 cm³/mol. The highest BCUT2D eigenvalue weighted by molar-refractivity contribution is 5.88. The van der Waals surface area contributed by atoms with E-state index in [4.69, 9.17) is 0 Å². The summed E-state index contributed by atoms with van der Waals surface area (Å²) in [6, 6.07) is 0. The van der Waals surface area contributed by atoms with Crippen LogP contribution >= 0.6 is 0 Å². The second-order valence-electron chi connectivity index (χ2n) is 3.54. The Bertz CT molecular complexity index is 251. The molecule has 0 aliphatic heterocycles. The minimum Gasteiger partial charge on any atom is -0.466 e. The van der Waals surface area contributed by atoms with Crippen molar-refractivity contribution in [3.8, 4) is 0 Å². The number of allylic oxidation sites excluding steroid dienone is 2. The molecule has 2 heteroatoms. The lowest BCUT2D eigenvalue weighted by atomic mass is 9.85. The summed E-state index contributed by atoms with van der Waals surface area (Å²) in [5.41, 5.74) is 2.03. The van der Waals surface area contributed by atoms with Crippen LogP contribution in [-0.4, -0.2) is 13.1 Å². The first-order valence-corrected chi connectivity index (χ1v) is 4.58. The maximum Gasteiger partial charge on any atom is 0.333 e. The van der Waals surface area contributed by atoms with Crippen LogP contribution in [0.3, 0.4) is 0 Å². The van der Waals surface area contributed by atoms with Crippen LogP contribution < -0.4 is 0 Å². The van der Waals surface area contributed by atoms with Crippen LogP contribution in [0.2, 0.25) is 0 Å². The fourth-order valence-electron chi connectivity index (χ4n) is 1.60. The third kappa shape index (κ3) is 2.44. The summed E-state index contributed by atoms with van der Waals surface area (Å²) in [5, 5.41) is 0. The first kappa shape index (κ1) is 10.0. The fourth-order valence-corrected chi connectivity index (χ4v) is 1.60. The van der Waals surface area contributed by atoms with Gasteiger partial charge in [0.25, 0.3) is 0 Å². The van der Waals surface area contributed by atoms with Crippen molar-refractivity contribution in [3.63, 3.8) is 0 Å². The summed E-state index contributed by atoms with van der Waals surface area (Å²) in [4.78, 5) is 11.1. The SMILES string of the molecule is C=C(C)C1CC=C(C(=O)OC)CC1. The van der Waals surface area contributed by atoms with Gasteiger partial charge in [-0.1, -0.05) is 18.2 Å². The van der Waals surface area contributed by atoms with E-state index in [1.165, 1.54) is 12.7 Å². The zero-order valence-electron chi connectivity index (χ0n) is 8.30. The monoisotopic (exact) mass is 180 g/mol. The van der Waals surface area contributed by atoms with E-state index in [0.29, 0.717) is 5.92 Å².